The van der Waals surface area contributed by atoms with Crippen LogP contribution < -0.4 is 0 Å². The predicted octanol–water partition coefficient (Wildman–Crippen LogP) is 3.09. The number of hydrogen-bond donors (Lipinski definition) is 0. The second-order valence-corrected chi connectivity index (χ2v) is 9.43. The van der Waals surface area contributed by atoms with Gasteiger partial charge in [0.1, 0.15) is 22.1 Å². The lowest BCUT2D eigenvalue weighted by molar-refractivity contribution is 0.455. The van der Waals surface area contributed by atoms with Gasteiger partial charge in [0.15, 0.2) is 5.65 Å². The van der Waals surface area contributed by atoms with Crippen LogP contribution in [0.4, 0.5) is 4.39 Å². The molecule has 8 nitrogen and oxygen atoms in total. The minimum absolute atomic E-state index is 0.143. The lowest BCUT2D eigenvalue weighted by atomic mass is 10.2. The summed E-state index contributed by atoms with van der Waals surface area (Å²) in [6.07, 6.45) is 5.26. The molecule has 5 rings (SSSR count). The van der Waals surface area contributed by atoms with Gasteiger partial charge in [-0.05, 0) is 49.7 Å². The Morgan fingerprint density at radius 1 is 1.19 bits per heavy atom. The molecule has 1 aliphatic rings. The van der Waals surface area contributed by atoms with Crippen LogP contribution in [0.5, 0.6) is 0 Å². The van der Waals surface area contributed by atoms with Crippen LogP contribution >= 0.6 is 0 Å². The third-order valence-electron chi connectivity index (χ3n) is 5.61. The van der Waals surface area contributed by atoms with Crippen molar-refractivity contribution in [2.75, 3.05) is 13.1 Å². The van der Waals surface area contributed by atoms with Crippen molar-refractivity contribution in [3.8, 4) is 11.4 Å². The van der Waals surface area contributed by atoms with Gasteiger partial charge in [-0.25, -0.2) is 22.8 Å². The van der Waals surface area contributed by atoms with Gasteiger partial charge in [-0.3, -0.25) is 4.68 Å². The maximum absolute atomic E-state index is 13.5. The Morgan fingerprint density at radius 2 is 2.00 bits per heavy atom. The molecular formula is C21H21FN6O2S. The molecule has 1 aromatic carbocycles. The summed E-state index contributed by atoms with van der Waals surface area (Å²) in [5, 5.41) is 4.10. The molecule has 4 heterocycles. The van der Waals surface area contributed by atoms with Gasteiger partial charge < -0.3 is 4.57 Å². The van der Waals surface area contributed by atoms with Crippen molar-refractivity contribution in [3.63, 3.8) is 0 Å². The average molecular weight is 441 g/mol. The Bertz CT molecular complexity index is 1350. The highest BCUT2D eigenvalue weighted by Crippen LogP contribution is 2.34. The first kappa shape index (κ1) is 19.8. The van der Waals surface area contributed by atoms with E-state index in [4.69, 9.17) is 4.98 Å². The predicted molar refractivity (Wildman–Crippen MR) is 113 cm³/mol. The summed E-state index contributed by atoms with van der Waals surface area (Å²) in [6.45, 7) is 3.20. The number of rotatable bonds is 5. The van der Waals surface area contributed by atoms with Crippen molar-refractivity contribution in [2.24, 2.45) is 0 Å². The molecule has 0 amide bonds. The van der Waals surface area contributed by atoms with Crippen molar-refractivity contribution in [2.45, 2.75) is 30.8 Å². The first-order valence-corrected chi connectivity index (χ1v) is 11.5. The number of sulfonamides is 1. The molecule has 1 atom stereocenters. The van der Waals surface area contributed by atoms with E-state index in [1.165, 1.54) is 22.6 Å². The minimum Gasteiger partial charge on any atom is -0.304 e. The number of hydrogen-bond acceptors (Lipinski definition) is 5. The number of aromatic nitrogens is 5. The minimum atomic E-state index is -3.64. The standard InChI is InChI=1S/C21H21FN6O2S/c1-2-26-14-18(12-24-26)31(29,30)27-11-9-17(13-27)28-20(15-5-7-16(22)8-6-15)25-19-4-3-10-23-21(19)28/h3-8,10,12,14,17H,2,9,11,13H2,1H3/t17-/m0/s1. The van der Waals surface area contributed by atoms with Gasteiger partial charge in [-0.15, -0.1) is 0 Å². The van der Waals surface area contributed by atoms with Crippen molar-refractivity contribution in [1.29, 1.82) is 0 Å². The lowest BCUT2D eigenvalue weighted by Gasteiger charge is -2.18. The number of nitrogens with zero attached hydrogens (tertiary/aromatic N) is 6. The van der Waals surface area contributed by atoms with Crippen LogP contribution in [0.25, 0.3) is 22.6 Å². The molecule has 0 radical (unpaired) electrons. The number of fused-ring (bicyclic) bond motifs is 1. The second kappa shape index (κ2) is 7.54. The lowest BCUT2D eigenvalue weighted by Crippen LogP contribution is -2.29. The third kappa shape index (κ3) is 3.41. The van der Waals surface area contributed by atoms with Crippen LogP contribution in [0, 0.1) is 5.82 Å². The van der Waals surface area contributed by atoms with E-state index >= 15 is 0 Å². The second-order valence-electron chi connectivity index (χ2n) is 7.50. The van der Waals surface area contributed by atoms with Gasteiger partial charge in [0.25, 0.3) is 0 Å². The molecule has 160 valence electrons. The summed E-state index contributed by atoms with van der Waals surface area (Å²) in [4.78, 5) is 9.40. The van der Waals surface area contributed by atoms with Gasteiger partial charge in [0.05, 0.1) is 12.2 Å². The highest BCUT2D eigenvalue weighted by molar-refractivity contribution is 7.89. The van der Waals surface area contributed by atoms with Gasteiger partial charge in [-0.2, -0.15) is 9.40 Å². The third-order valence-corrected chi connectivity index (χ3v) is 7.43. The monoisotopic (exact) mass is 440 g/mol. The molecule has 10 heteroatoms. The molecule has 31 heavy (non-hydrogen) atoms. The van der Waals surface area contributed by atoms with Gasteiger partial charge in [-0.1, -0.05) is 0 Å². The topological polar surface area (TPSA) is 85.9 Å². The maximum Gasteiger partial charge on any atom is 0.246 e. The summed E-state index contributed by atoms with van der Waals surface area (Å²) in [7, 11) is -3.64. The van der Waals surface area contributed by atoms with Crippen LogP contribution in [-0.2, 0) is 16.6 Å². The number of halogens is 1. The fourth-order valence-corrected chi connectivity index (χ4v) is 5.47. The molecule has 1 fully saturated rings. The van der Waals surface area contributed by atoms with Crippen molar-refractivity contribution in [1.82, 2.24) is 28.6 Å². The van der Waals surface area contributed by atoms with Crippen LogP contribution in [0.1, 0.15) is 19.4 Å². The first-order valence-electron chi connectivity index (χ1n) is 10.1. The zero-order valence-corrected chi connectivity index (χ0v) is 17.7. The number of aryl methyl sites for hydroxylation is 1. The Balaban J connectivity index is 1.53. The smallest absolute Gasteiger partial charge is 0.246 e. The summed E-state index contributed by atoms with van der Waals surface area (Å²) in [5.74, 6) is 0.326. The first-order chi connectivity index (χ1) is 15.0. The van der Waals surface area contributed by atoms with Gasteiger partial charge in [0.2, 0.25) is 10.0 Å². The molecule has 4 aromatic rings. The largest absolute Gasteiger partial charge is 0.304 e. The summed E-state index contributed by atoms with van der Waals surface area (Å²) >= 11 is 0. The summed E-state index contributed by atoms with van der Waals surface area (Å²) in [6, 6.07) is 9.67. The van der Waals surface area contributed by atoms with E-state index in [1.807, 2.05) is 23.6 Å². The molecule has 0 spiro atoms. The Kier molecular flexibility index (Phi) is 4.82. The van der Waals surface area contributed by atoms with E-state index in [2.05, 4.69) is 10.1 Å². The molecule has 1 aliphatic heterocycles. The highest BCUT2D eigenvalue weighted by atomic mass is 32.2. The Morgan fingerprint density at radius 3 is 2.74 bits per heavy atom. The average Bonchev–Trinajstić information content (AvgIpc) is 3.51. The SMILES string of the molecule is CCn1cc(S(=O)(=O)N2CC[C@H](n3c(-c4ccc(F)cc4)nc4cccnc43)C2)cn1. The summed E-state index contributed by atoms with van der Waals surface area (Å²) < 4.78 is 44.8. The fourth-order valence-electron chi connectivity index (χ4n) is 4.02. The van der Waals surface area contributed by atoms with Gasteiger partial charge >= 0.3 is 0 Å². The highest BCUT2D eigenvalue weighted by Gasteiger charge is 2.36. The molecule has 3 aromatic heterocycles. The van der Waals surface area contributed by atoms with Gasteiger partial charge in [0, 0.05) is 37.6 Å². The maximum atomic E-state index is 13.5. The van der Waals surface area contributed by atoms with Crippen molar-refractivity contribution >= 4 is 21.2 Å². The van der Waals surface area contributed by atoms with E-state index in [0.29, 0.717) is 43.0 Å². The van der Waals surface area contributed by atoms with Crippen molar-refractivity contribution in [3.05, 3.63) is 60.8 Å². The quantitative estimate of drug-likeness (QED) is 0.476. The number of benzene rings is 1. The fraction of sp³-hybridized carbons (Fsp3) is 0.286. The van der Waals surface area contributed by atoms with Crippen molar-refractivity contribution < 1.29 is 12.8 Å². The molecule has 0 aliphatic carbocycles. The normalized spacial score (nSPS) is 17.5. The molecule has 0 bridgehead atoms. The molecule has 0 saturated carbocycles. The van der Waals surface area contributed by atoms with E-state index in [9.17, 15) is 12.8 Å². The Hall–Kier alpha value is -3.11. The van der Waals surface area contributed by atoms with E-state index < -0.39 is 10.0 Å². The van der Waals surface area contributed by atoms with Crippen LogP contribution in [0.2, 0.25) is 0 Å². The van der Waals surface area contributed by atoms with E-state index in [0.717, 1.165) is 5.56 Å². The van der Waals surface area contributed by atoms with Crippen LogP contribution in [0.3, 0.4) is 0 Å². The number of imidazole rings is 1. The molecular weight excluding hydrogens is 419 g/mol. The zero-order valence-electron chi connectivity index (χ0n) is 16.9. The Labute approximate surface area is 179 Å². The molecule has 0 unspecified atom stereocenters. The van der Waals surface area contributed by atoms with Crippen LogP contribution in [0.15, 0.2) is 59.9 Å². The van der Waals surface area contributed by atoms with Crippen LogP contribution in [-0.4, -0.2) is 50.1 Å². The zero-order chi connectivity index (χ0) is 21.6. The van der Waals surface area contributed by atoms with E-state index in [-0.39, 0.29) is 16.8 Å². The summed E-state index contributed by atoms with van der Waals surface area (Å²) in [5.41, 5.74) is 2.15. The number of pyridine rings is 1. The molecule has 1 saturated heterocycles. The van der Waals surface area contributed by atoms with E-state index in [1.54, 1.807) is 29.2 Å². The molecule has 0 N–H and O–H groups in total.